The number of aryl methyl sites for hydroxylation is 1. The van der Waals surface area contributed by atoms with Crippen molar-refractivity contribution in [3.05, 3.63) is 23.3 Å². The smallest absolute Gasteiger partial charge is 0.338 e. The molecule has 2 rings (SSSR count). The number of nitrogens with two attached hydrogens (primary N) is 1. The predicted molar refractivity (Wildman–Crippen MR) is 60.1 cm³/mol. The van der Waals surface area contributed by atoms with E-state index in [4.69, 9.17) is 5.73 Å². The number of anilines is 1. The van der Waals surface area contributed by atoms with E-state index in [1.807, 2.05) is 13.0 Å². The summed E-state index contributed by atoms with van der Waals surface area (Å²) in [4.78, 5) is 15.6. The Morgan fingerprint density at radius 1 is 1.53 bits per heavy atom. The molecule has 1 aromatic carbocycles. The van der Waals surface area contributed by atoms with Gasteiger partial charge in [0.1, 0.15) is 0 Å². The first-order chi connectivity index (χ1) is 7.13. The topological polar surface area (TPSA) is 65.2 Å². The molecule has 0 aliphatic carbocycles. The zero-order valence-corrected chi connectivity index (χ0v) is 9.22. The monoisotopic (exact) mass is 222 g/mol. The van der Waals surface area contributed by atoms with Crippen molar-refractivity contribution in [3.8, 4) is 0 Å². The van der Waals surface area contributed by atoms with E-state index in [1.165, 1.54) is 18.4 Å². The van der Waals surface area contributed by atoms with Gasteiger partial charge in [0, 0.05) is 0 Å². The molecule has 0 atom stereocenters. The van der Waals surface area contributed by atoms with Crippen molar-refractivity contribution in [2.75, 3.05) is 12.8 Å². The van der Waals surface area contributed by atoms with Gasteiger partial charge in [-0.1, -0.05) is 11.3 Å². The third-order valence-electron chi connectivity index (χ3n) is 2.24. The van der Waals surface area contributed by atoms with Gasteiger partial charge in [-0.2, -0.15) is 0 Å². The van der Waals surface area contributed by atoms with Gasteiger partial charge in [0.05, 0.1) is 22.9 Å². The molecule has 0 aliphatic rings. The minimum atomic E-state index is -0.346. The number of thiazole rings is 1. The van der Waals surface area contributed by atoms with Crippen molar-refractivity contribution >= 4 is 32.7 Å². The van der Waals surface area contributed by atoms with Crippen LogP contribution in [0.3, 0.4) is 0 Å². The number of rotatable bonds is 1. The number of benzene rings is 1. The quantitative estimate of drug-likeness (QED) is 0.749. The van der Waals surface area contributed by atoms with Gasteiger partial charge in [-0.05, 0) is 24.6 Å². The van der Waals surface area contributed by atoms with Gasteiger partial charge in [-0.3, -0.25) is 0 Å². The van der Waals surface area contributed by atoms with Gasteiger partial charge < -0.3 is 10.5 Å². The van der Waals surface area contributed by atoms with Crippen LogP contribution in [0.4, 0.5) is 5.13 Å². The highest BCUT2D eigenvalue weighted by Crippen LogP contribution is 2.28. The lowest BCUT2D eigenvalue weighted by Gasteiger charge is -2.03. The Labute approximate surface area is 90.7 Å². The first-order valence-corrected chi connectivity index (χ1v) is 5.19. The molecule has 2 N–H and O–H groups in total. The van der Waals surface area contributed by atoms with E-state index >= 15 is 0 Å². The molecule has 0 radical (unpaired) electrons. The molecule has 0 fully saturated rings. The number of nitrogens with zero attached hydrogens (tertiary/aromatic N) is 1. The maximum Gasteiger partial charge on any atom is 0.338 e. The van der Waals surface area contributed by atoms with Crippen molar-refractivity contribution < 1.29 is 9.53 Å². The summed E-state index contributed by atoms with van der Waals surface area (Å²) in [5.74, 6) is -0.346. The Hall–Kier alpha value is -1.62. The van der Waals surface area contributed by atoms with E-state index in [0.717, 1.165) is 15.8 Å². The number of fused-ring (bicyclic) bond motifs is 1. The van der Waals surface area contributed by atoms with Crippen LogP contribution in [0.1, 0.15) is 15.9 Å². The third kappa shape index (κ3) is 1.55. The standard InChI is InChI=1S/C10H10N2O2S/c1-5-6(9(13)14-2)3-4-7-8(5)12-10(11)15-7/h3-4H,1-2H3,(H2,11,12). The molecular weight excluding hydrogens is 212 g/mol. The summed E-state index contributed by atoms with van der Waals surface area (Å²) < 4.78 is 5.66. The van der Waals surface area contributed by atoms with Gasteiger partial charge in [-0.15, -0.1) is 0 Å². The van der Waals surface area contributed by atoms with Crippen molar-refractivity contribution in [1.29, 1.82) is 0 Å². The maximum absolute atomic E-state index is 11.4. The van der Waals surface area contributed by atoms with E-state index < -0.39 is 0 Å². The van der Waals surface area contributed by atoms with E-state index in [2.05, 4.69) is 9.72 Å². The molecule has 78 valence electrons. The molecule has 4 nitrogen and oxygen atoms in total. The molecule has 2 aromatic rings. The predicted octanol–water partition coefficient (Wildman–Crippen LogP) is 1.97. The van der Waals surface area contributed by atoms with Gasteiger partial charge >= 0.3 is 5.97 Å². The summed E-state index contributed by atoms with van der Waals surface area (Å²) in [6.45, 7) is 1.84. The minimum Gasteiger partial charge on any atom is -0.465 e. The normalized spacial score (nSPS) is 10.5. The average molecular weight is 222 g/mol. The number of carbonyl (C=O) groups excluding carboxylic acids is 1. The first-order valence-electron chi connectivity index (χ1n) is 4.37. The summed E-state index contributed by atoms with van der Waals surface area (Å²) in [5, 5.41) is 0.509. The lowest BCUT2D eigenvalue weighted by Crippen LogP contribution is -2.03. The summed E-state index contributed by atoms with van der Waals surface area (Å²) in [6, 6.07) is 3.57. The third-order valence-corrected chi connectivity index (χ3v) is 3.09. The molecule has 0 aliphatic heterocycles. The summed E-state index contributed by atoms with van der Waals surface area (Å²) in [5.41, 5.74) is 7.74. The number of methoxy groups -OCH3 is 1. The van der Waals surface area contributed by atoms with Crippen LogP contribution >= 0.6 is 11.3 Å². The van der Waals surface area contributed by atoms with E-state index in [9.17, 15) is 4.79 Å². The Bertz CT molecular complexity index is 533. The summed E-state index contributed by atoms with van der Waals surface area (Å²) in [6.07, 6.45) is 0. The number of nitrogen functional groups attached to an aromatic ring is 1. The number of hydrogen-bond donors (Lipinski definition) is 1. The first kappa shape index (κ1) is 9.92. The highest BCUT2D eigenvalue weighted by Gasteiger charge is 2.13. The number of carbonyl (C=O) groups is 1. The Morgan fingerprint density at radius 3 is 2.93 bits per heavy atom. The lowest BCUT2D eigenvalue weighted by molar-refractivity contribution is 0.0600. The number of ether oxygens (including phenoxy) is 1. The van der Waals surface area contributed by atoms with Crippen LogP contribution in [0.2, 0.25) is 0 Å². The number of hydrogen-bond acceptors (Lipinski definition) is 5. The molecule has 1 aromatic heterocycles. The van der Waals surface area contributed by atoms with Crippen LogP contribution in [-0.2, 0) is 4.74 Å². The molecular formula is C10H10N2O2S. The van der Waals surface area contributed by atoms with E-state index in [0.29, 0.717) is 10.7 Å². The second kappa shape index (κ2) is 3.51. The van der Waals surface area contributed by atoms with Crippen LogP contribution in [0.5, 0.6) is 0 Å². The molecule has 1 heterocycles. The SMILES string of the molecule is COC(=O)c1ccc2sc(N)nc2c1C. The molecule has 0 bridgehead atoms. The van der Waals surface area contributed by atoms with Gasteiger partial charge in [-0.25, -0.2) is 9.78 Å². The Balaban J connectivity index is 2.69. The van der Waals surface area contributed by atoms with Crippen molar-refractivity contribution in [3.63, 3.8) is 0 Å². The van der Waals surface area contributed by atoms with Gasteiger partial charge in [0.15, 0.2) is 5.13 Å². The highest BCUT2D eigenvalue weighted by molar-refractivity contribution is 7.22. The van der Waals surface area contributed by atoms with E-state index in [1.54, 1.807) is 6.07 Å². The molecule has 0 saturated carbocycles. The zero-order valence-electron chi connectivity index (χ0n) is 8.40. The van der Waals surface area contributed by atoms with E-state index in [-0.39, 0.29) is 5.97 Å². The fourth-order valence-corrected chi connectivity index (χ4v) is 2.27. The van der Waals surface area contributed by atoms with Crippen molar-refractivity contribution in [2.24, 2.45) is 0 Å². The molecule has 0 spiro atoms. The highest BCUT2D eigenvalue weighted by atomic mass is 32.1. The molecule has 15 heavy (non-hydrogen) atoms. The van der Waals surface area contributed by atoms with Crippen molar-refractivity contribution in [1.82, 2.24) is 4.98 Å². The molecule has 0 unspecified atom stereocenters. The second-order valence-electron chi connectivity index (χ2n) is 3.13. The number of esters is 1. The summed E-state index contributed by atoms with van der Waals surface area (Å²) >= 11 is 1.41. The minimum absolute atomic E-state index is 0.346. The lowest BCUT2D eigenvalue weighted by atomic mass is 10.1. The molecule has 5 heteroatoms. The van der Waals surface area contributed by atoms with Crippen LogP contribution in [0, 0.1) is 6.92 Å². The fraction of sp³-hybridized carbons (Fsp3) is 0.200. The zero-order chi connectivity index (χ0) is 11.0. The maximum atomic E-state index is 11.4. The van der Waals surface area contributed by atoms with Crippen LogP contribution in [0.25, 0.3) is 10.2 Å². The van der Waals surface area contributed by atoms with Crippen molar-refractivity contribution in [2.45, 2.75) is 6.92 Å². The largest absolute Gasteiger partial charge is 0.465 e. The van der Waals surface area contributed by atoms with Crippen LogP contribution < -0.4 is 5.73 Å². The molecule has 0 saturated heterocycles. The fourth-order valence-electron chi connectivity index (χ4n) is 1.47. The summed E-state index contributed by atoms with van der Waals surface area (Å²) in [7, 11) is 1.36. The van der Waals surface area contributed by atoms with Gasteiger partial charge in [0.2, 0.25) is 0 Å². The van der Waals surface area contributed by atoms with Gasteiger partial charge in [0.25, 0.3) is 0 Å². The van der Waals surface area contributed by atoms with Crippen LogP contribution in [-0.4, -0.2) is 18.1 Å². The second-order valence-corrected chi connectivity index (χ2v) is 4.19. The number of aromatic nitrogens is 1. The Kier molecular flexibility index (Phi) is 2.32. The Morgan fingerprint density at radius 2 is 2.27 bits per heavy atom. The van der Waals surface area contributed by atoms with Crippen LogP contribution in [0.15, 0.2) is 12.1 Å². The average Bonchev–Trinajstić information content (AvgIpc) is 2.59. The molecule has 0 amide bonds.